The number of carboxylic acid groups (broad SMARTS) is 1. The van der Waals surface area contributed by atoms with E-state index in [1.165, 1.54) is 22.0 Å². The van der Waals surface area contributed by atoms with Gasteiger partial charge < -0.3 is 19.2 Å². The summed E-state index contributed by atoms with van der Waals surface area (Å²) in [6, 6.07) is 16.8. The summed E-state index contributed by atoms with van der Waals surface area (Å²) in [6.07, 6.45) is 1.60. The van der Waals surface area contributed by atoms with Crippen molar-refractivity contribution in [2.24, 2.45) is 4.99 Å². The molecule has 1 aliphatic heterocycles. The summed E-state index contributed by atoms with van der Waals surface area (Å²) in [5.41, 5.74) is 2.75. The van der Waals surface area contributed by atoms with Crippen molar-refractivity contribution >= 4 is 35.0 Å². The van der Waals surface area contributed by atoms with E-state index in [1.807, 2.05) is 43.3 Å². The lowest BCUT2D eigenvalue weighted by Crippen LogP contribution is -2.39. The van der Waals surface area contributed by atoms with Gasteiger partial charge in [-0.3, -0.25) is 9.36 Å². The standard InChI is InChI=1S/C30H27N3O6S/c1-5-38-29(37)25-17(2)31-30-33(26(25)18-10-12-19(13-11-18)32(3)4)27(34)24(40-30)16-20-14-15-23(39-20)21-8-6-7-9-22(21)28(35)36/h6-16,26H,5H2,1-4H3,(H,35,36)/t26-/m0/s1. The van der Waals surface area contributed by atoms with Crippen LogP contribution >= 0.6 is 11.3 Å². The van der Waals surface area contributed by atoms with E-state index in [4.69, 9.17) is 9.15 Å². The molecule has 3 heterocycles. The molecule has 0 amide bonds. The monoisotopic (exact) mass is 557 g/mol. The lowest BCUT2D eigenvalue weighted by atomic mass is 9.95. The highest BCUT2D eigenvalue weighted by Gasteiger charge is 2.33. The lowest BCUT2D eigenvalue weighted by molar-refractivity contribution is -0.139. The minimum Gasteiger partial charge on any atom is -0.478 e. The van der Waals surface area contributed by atoms with Gasteiger partial charge in [0.1, 0.15) is 11.5 Å². The molecule has 2 aromatic carbocycles. The SMILES string of the molecule is CCOC(=O)C1=C(C)N=c2sc(=Cc3ccc(-c4ccccc4C(=O)O)o3)c(=O)n2[C@H]1c1ccc(N(C)C)cc1. The zero-order valence-electron chi connectivity index (χ0n) is 22.4. The van der Waals surface area contributed by atoms with Crippen molar-refractivity contribution in [2.75, 3.05) is 25.6 Å². The van der Waals surface area contributed by atoms with Crippen LogP contribution in [-0.2, 0) is 9.53 Å². The Bertz CT molecular complexity index is 1830. The van der Waals surface area contributed by atoms with Gasteiger partial charge in [-0.1, -0.05) is 41.7 Å². The lowest BCUT2D eigenvalue weighted by Gasteiger charge is -2.25. The molecule has 4 aromatic rings. The number of thiazole rings is 1. The second kappa shape index (κ2) is 10.8. The average molecular weight is 558 g/mol. The molecule has 0 unspecified atom stereocenters. The van der Waals surface area contributed by atoms with Gasteiger partial charge in [0.15, 0.2) is 4.80 Å². The summed E-state index contributed by atoms with van der Waals surface area (Å²) >= 11 is 1.19. The predicted molar refractivity (Wildman–Crippen MR) is 152 cm³/mol. The zero-order valence-corrected chi connectivity index (χ0v) is 23.2. The van der Waals surface area contributed by atoms with E-state index in [0.29, 0.717) is 37.7 Å². The molecule has 10 heteroatoms. The maximum Gasteiger partial charge on any atom is 0.338 e. The van der Waals surface area contributed by atoms with Crippen LogP contribution in [0.3, 0.4) is 0 Å². The van der Waals surface area contributed by atoms with E-state index in [2.05, 4.69) is 4.99 Å². The number of aromatic nitrogens is 1. The van der Waals surface area contributed by atoms with Crippen molar-refractivity contribution in [3.05, 3.63) is 109 Å². The van der Waals surface area contributed by atoms with E-state index >= 15 is 0 Å². The maximum atomic E-state index is 13.8. The molecule has 1 N–H and O–H groups in total. The van der Waals surface area contributed by atoms with E-state index in [9.17, 15) is 19.5 Å². The molecule has 0 radical (unpaired) electrons. The Labute approximate surface area is 233 Å². The van der Waals surface area contributed by atoms with Gasteiger partial charge >= 0.3 is 11.9 Å². The number of anilines is 1. The molecule has 0 saturated heterocycles. The first-order valence-corrected chi connectivity index (χ1v) is 13.4. The molecule has 0 aliphatic carbocycles. The van der Waals surface area contributed by atoms with Crippen molar-refractivity contribution in [3.63, 3.8) is 0 Å². The van der Waals surface area contributed by atoms with E-state index in [-0.39, 0.29) is 17.7 Å². The number of furan rings is 1. The fourth-order valence-corrected chi connectivity index (χ4v) is 5.68. The van der Waals surface area contributed by atoms with Crippen LogP contribution in [0.15, 0.2) is 86.1 Å². The highest BCUT2D eigenvalue weighted by atomic mass is 32.1. The second-order valence-corrected chi connectivity index (χ2v) is 10.4. The van der Waals surface area contributed by atoms with Crippen LogP contribution in [0.1, 0.15) is 41.6 Å². The number of aromatic carboxylic acids is 1. The first-order chi connectivity index (χ1) is 19.2. The third-order valence-corrected chi connectivity index (χ3v) is 7.55. The molecule has 1 atom stereocenters. The zero-order chi connectivity index (χ0) is 28.6. The molecule has 9 nitrogen and oxygen atoms in total. The smallest absolute Gasteiger partial charge is 0.338 e. The van der Waals surface area contributed by atoms with Gasteiger partial charge in [0.25, 0.3) is 5.56 Å². The second-order valence-electron chi connectivity index (χ2n) is 9.34. The Hall–Kier alpha value is -4.70. The quantitative estimate of drug-likeness (QED) is 0.344. The van der Waals surface area contributed by atoms with Gasteiger partial charge in [0.05, 0.1) is 34.0 Å². The van der Waals surface area contributed by atoms with Crippen LogP contribution in [-0.4, -0.2) is 42.3 Å². The average Bonchev–Trinajstić information content (AvgIpc) is 3.52. The summed E-state index contributed by atoms with van der Waals surface area (Å²) in [6.45, 7) is 3.66. The summed E-state index contributed by atoms with van der Waals surface area (Å²) in [5.74, 6) is -0.828. The Balaban J connectivity index is 1.63. The molecule has 0 spiro atoms. The number of carbonyl (C=O) groups is 2. The van der Waals surface area contributed by atoms with Gasteiger partial charge in [-0.05, 0) is 49.7 Å². The van der Waals surface area contributed by atoms with E-state index < -0.39 is 18.0 Å². The summed E-state index contributed by atoms with van der Waals surface area (Å²) in [5, 5.41) is 9.53. The first-order valence-electron chi connectivity index (χ1n) is 12.6. The number of nitrogens with zero attached hydrogens (tertiary/aromatic N) is 3. The number of fused-ring (bicyclic) bond motifs is 1. The predicted octanol–water partition coefficient (Wildman–Crippen LogP) is 3.82. The van der Waals surface area contributed by atoms with Crippen LogP contribution < -0.4 is 19.8 Å². The minimum absolute atomic E-state index is 0.116. The van der Waals surface area contributed by atoms with Crippen LogP contribution in [0.5, 0.6) is 0 Å². The van der Waals surface area contributed by atoms with Crippen LogP contribution in [0.2, 0.25) is 0 Å². The number of esters is 1. The van der Waals surface area contributed by atoms with Crippen LogP contribution in [0.25, 0.3) is 17.4 Å². The van der Waals surface area contributed by atoms with Gasteiger partial charge in [0, 0.05) is 31.4 Å². The number of carboxylic acids is 1. The highest BCUT2D eigenvalue weighted by Crippen LogP contribution is 2.32. The molecule has 40 heavy (non-hydrogen) atoms. The number of rotatable bonds is 7. The number of hydrogen-bond donors (Lipinski definition) is 1. The minimum atomic E-state index is -1.06. The molecule has 0 fully saturated rings. The summed E-state index contributed by atoms with van der Waals surface area (Å²) < 4.78 is 13.2. The summed E-state index contributed by atoms with van der Waals surface area (Å²) in [4.78, 5) is 45.5. The van der Waals surface area contributed by atoms with E-state index in [1.54, 1.807) is 50.3 Å². The third kappa shape index (κ3) is 4.89. The summed E-state index contributed by atoms with van der Waals surface area (Å²) in [7, 11) is 3.87. The van der Waals surface area contributed by atoms with Crippen molar-refractivity contribution in [1.82, 2.24) is 4.57 Å². The topological polar surface area (TPSA) is 114 Å². The molecule has 2 aromatic heterocycles. The Morgan fingerprint density at radius 1 is 1.12 bits per heavy atom. The van der Waals surface area contributed by atoms with Gasteiger partial charge in [0.2, 0.25) is 0 Å². The van der Waals surface area contributed by atoms with Gasteiger partial charge in [-0.15, -0.1) is 0 Å². The maximum absolute atomic E-state index is 13.8. The van der Waals surface area contributed by atoms with Crippen molar-refractivity contribution in [3.8, 4) is 11.3 Å². The molecule has 204 valence electrons. The fraction of sp³-hybridized carbons (Fsp3) is 0.200. The highest BCUT2D eigenvalue weighted by molar-refractivity contribution is 7.07. The number of hydrogen-bond acceptors (Lipinski definition) is 8. The third-order valence-electron chi connectivity index (χ3n) is 6.57. The molecular formula is C30H27N3O6S. The normalized spacial score (nSPS) is 15.0. The van der Waals surface area contributed by atoms with Crippen LogP contribution in [0, 0.1) is 0 Å². The van der Waals surface area contributed by atoms with Gasteiger partial charge in [-0.25, -0.2) is 14.6 Å². The number of benzene rings is 2. The van der Waals surface area contributed by atoms with Crippen LogP contribution in [0.4, 0.5) is 5.69 Å². The Morgan fingerprint density at radius 3 is 2.52 bits per heavy atom. The Morgan fingerprint density at radius 2 is 1.85 bits per heavy atom. The molecule has 0 bridgehead atoms. The molecule has 1 aliphatic rings. The number of carbonyl (C=O) groups excluding carboxylic acids is 1. The van der Waals surface area contributed by atoms with Crippen molar-refractivity contribution < 1.29 is 23.8 Å². The first kappa shape index (κ1) is 26.9. The fourth-order valence-electron chi connectivity index (χ4n) is 4.65. The molecule has 5 rings (SSSR count). The molecular weight excluding hydrogens is 530 g/mol. The van der Waals surface area contributed by atoms with Crippen molar-refractivity contribution in [1.29, 1.82) is 0 Å². The number of allylic oxidation sites excluding steroid dienone is 1. The Kier molecular flexibility index (Phi) is 7.27. The molecule has 0 saturated carbocycles. The largest absolute Gasteiger partial charge is 0.478 e. The van der Waals surface area contributed by atoms with Crippen molar-refractivity contribution in [2.45, 2.75) is 19.9 Å². The number of ether oxygens (including phenoxy) is 1. The van der Waals surface area contributed by atoms with Gasteiger partial charge in [-0.2, -0.15) is 0 Å². The van der Waals surface area contributed by atoms with E-state index in [0.717, 1.165) is 11.3 Å².